The van der Waals surface area contributed by atoms with Gasteiger partial charge in [-0.25, -0.2) is 4.79 Å². The van der Waals surface area contributed by atoms with Crippen LogP contribution >= 0.6 is 23.2 Å². The van der Waals surface area contributed by atoms with Gasteiger partial charge in [-0.15, -0.1) is 0 Å². The summed E-state index contributed by atoms with van der Waals surface area (Å²) in [6.45, 7) is 0.342. The summed E-state index contributed by atoms with van der Waals surface area (Å²) in [5.41, 5.74) is 5.37. The first-order chi connectivity index (χ1) is 10.9. The lowest BCUT2D eigenvalue weighted by atomic mass is 9.97. The van der Waals surface area contributed by atoms with Gasteiger partial charge in [-0.1, -0.05) is 23.2 Å². The predicted octanol–water partition coefficient (Wildman–Crippen LogP) is 1.87. The Labute approximate surface area is 143 Å². The number of halogens is 2. The minimum Gasteiger partial charge on any atom is -0.452 e. The Morgan fingerprint density at radius 2 is 2.04 bits per heavy atom. The number of benzene rings is 1. The van der Waals surface area contributed by atoms with Crippen LogP contribution in [0.3, 0.4) is 0 Å². The van der Waals surface area contributed by atoms with Crippen LogP contribution in [-0.4, -0.2) is 42.4 Å². The number of likely N-dealkylation sites (tertiary alicyclic amines) is 1. The van der Waals surface area contributed by atoms with Crippen molar-refractivity contribution in [3.63, 3.8) is 0 Å². The van der Waals surface area contributed by atoms with Gasteiger partial charge in [-0.2, -0.15) is 0 Å². The lowest BCUT2D eigenvalue weighted by molar-refractivity contribution is -0.137. The Balaban J connectivity index is 1.92. The van der Waals surface area contributed by atoms with E-state index in [2.05, 4.69) is 0 Å². The molecule has 8 heteroatoms. The fourth-order valence-corrected chi connectivity index (χ4v) is 2.75. The van der Waals surface area contributed by atoms with E-state index < -0.39 is 18.5 Å². The molecular formula is C15H16Cl2N2O4. The molecule has 1 heterocycles. The molecule has 124 valence electrons. The molecule has 1 aliphatic heterocycles. The van der Waals surface area contributed by atoms with Crippen LogP contribution in [0.25, 0.3) is 0 Å². The fourth-order valence-electron chi connectivity index (χ4n) is 2.39. The van der Waals surface area contributed by atoms with Crippen molar-refractivity contribution in [3.05, 3.63) is 33.8 Å². The van der Waals surface area contributed by atoms with E-state index in [0.717, 1.165) is 0 Å². The Hall–Kier alpha value is -1.79. The molecule has 23 heavy (non-hydrogen) atoms. The number of hydrogen-bond donors (Lipinski definition) is 1. The van der Waals surface area contributed by atoms with Crippen LogP contribution in [0.15, 0.2) is 18.2 Å². The molecule has 1 atom stereocenters. The van der Waals surface area contributed by atoms with Crippen molar-refractivity contribution in [2.24, 2.45) is 11.7 Å². The van der Waals surface area contributed by atoms with Crippen molar-refractivity contribution in [2.45, 2.75) is 12.8 Å². The van der Waals surface area contributed by atoms with E-state index in [4.69, 9.17) is 33.7 Å². The molecule has 2 rings (SSSR count). The van der Waals surface area contributed by atoms with Crippen LogP contribution < -0.4 is 5.73 Å². The number of carbonyl (C=O) groups is 3. The van der Waals surface area contributed by atoms with Gasteiger partial charge >= 0.3 is 5.97 Å². The number of piperidine rings is 1. The van der Waals surface area contributed by atoms with Gasteiger partial charge in [0.2, 0.25) is 5.91 Å². The number of carbonyl (C=O) groups excluding carboxylic acids is 3. The smallest absolute Gasteiger partial charge is 0.340 e. The number of nitrogens with two attached hydrogens (primary N) is 1. The van der Waals surface area contributed by atoms with Crippen LogP contribution in [-0.2, 0) is 14.3 Å². The molecule has 0 aliphatic carbocycles. The zero-order valence-corrected chi connectivity index (χ0v) is 13.8. The average molecular weight is 359 g/mol. The van der Waals surface area contributed by atoms with Crippen molar-refractivity contribution in [1.29, 1.82) is 0 Å². The van der Waals surface area contributed by atoms with E-state index >= 15 is 0 Å². The van der Waals surface area contributed by atoms with Crippen molar-refractivity contribution in [1.82, 2.24) is 4.90 Å². The summed E-state index contributed by atoms with van der Waals surface area (Å²) in [5.74, 6) is -1.88. The maximum Gasteiger partial charge on any atom is 0.340 e. The first kappa shape index (κ1) is 17.6. The third-order valence-corrected chi connectivity index (χ3v) is 4.22. The fraction of sp³-hybridized carbons (Fsp3) is 0.400. The molecule has 0 unspecified atom stereocenters. The summed E-state index contributed by atoms with van der Waals surface area (Å²) in [5, 5.41) is 0.534. The van der Waals surface area contributed by atoms with Gasteiger partial charge in [-0.3, -0.25) is 9.59 Å². The molecular weight excluding hydrogens is 343 g/mol. The molecule has 0 aromatic heterocycles. The molecule has 2 N–H and O–H groups in total. The highest BCUT2D eigenvalue weighted by atomic mass is 35.5. The van der Waals surface area contributed by atoms with Gasteiger partial charge in [0, 0.05) is 18.1 Å². The van der Waals surface area contributed by atoms with Gasteiger partial charge < -0.3 is 15.4 Å². The topological polar surface area (TPSA) is 89.7 Å². The number of hydrogen-bond acceptors (Lipinski definition) is 4. The number of esters is 1. The minimum absolute atomic E-state index is 0.0978. The van der Waals surface area contributed by atoms with E-state index in [1.54, 1.807) is 6.07 Å². The Morgan fingerprint density at radius 3 is 2.74 bits per heavy atom. The maximum absolute atomic E-state index is 12.1. The summed E-state index contributed by atoms with van der Waals surface area (Å²) in [7, 11) is 0. The second-order valence-corrected chi connectivity index (χ2v) is 6.13. The number of amides is 2. The summed E-state index contributed by atoms with van der Waals surface area (Å²) in [6, 6.07) is 4.40. The van der Waals surface area contributed by atoms with E-state index in [9.17, 15) is 14.4 Å². The minimum atomic E-state index is -0.727. The third-order valence-electron chi connectivity index (χ3n) is 3.65. The summed E-state index contributed by atoms with van der Waals surface area (Å²) >= 11 is 11.7. The first-order valence-corrected chi connectivity index (χ1v) is 7.83. The molecule has 1 aromatic carbocycles. The largest absolute Gasteiger partial charge is 0.452 e. The van der Waals surface area contributed by atoms with Crippen LogP contribution in [0.2, 0.25) is 10.0 Å². The van der Waals surface area contributed by atoms with Gasteiger partial charge in [-0.05, 0) is 31.0 Å². The van der Waals surface area contributed by atoms with Crippen LogP contribution in [0, 0.1) is 5.92 Å². The Bertz CT molecular complexity index is 636. The molecule has 1 saturated heterocycles. The highest BCUT2D eigenvalue weighted by Crippen LogP contribution is 2.21. The van der Waals surface area contributed by atoms with Gasteiger partial charge in [0.25, 0.3) is 5.91 Å². The van der Waals surface area contributed by atoms with Crippen molar-refractivity contribution in [2.75, 3.05) is 19.7 Å². The first-order valence-electron chi connectivity index (χ1n) is 7.07. The summed E-state index contributed by atoms with van der Waals surface area (Å²) in [4.78, 5) is 36.8. The second-order valence-electron chi connectivity index (χ2n) is 5.28. The van der Waals surface area contributed by atoms with E-state index in [-0.39, 0.29) is 29.0 Å². The molecule has 1 fully saturated rings. The molecule has 0 radical (unpaired) electrons. The standard InChI is InChI=1S/C15H16Cl2N2O4/c16-10-3-4-12(17)11(6-10)15(22)23-8-13(20)19-5-1-2-9(7-19)14(18)21/h3-4,6,9H,1-2,5,7-8H2,(H2,18,21)/t9-/m0/s1. The van der Waals surface area contributed by atoms with E-state index in [1.807, 2.05) is 0 Å². The monoisotopic (exact) mass is 358 g/mol. The second kappa shape index (κ2) is 7.66. The van der Waals surface area contributed by atoms with Gasteiger partial charge in [0.05, 0.1) is 16.5 Å². The highest BCUT2D eigenvalue weighted by molar-refractivity contribution is 6.35. The lowest BCUT2D eigenvalue weighted by Crippen LogP contribution is -2.45. The quantitative estimate of drug-likeness (QED) is 0.832. The SMILES string of the molecule is NC(=O)[C@H]1CCCN(C(=O)COC(=O)c2cc(Cl)ccc2Cl)C1. The number of nitrogens with zero attached hydrogens (tertiary/aromatic N) is 1. The summed E-state index contributed by atoms with van der Waals surface area (Å²) in [6.07, 6.45) is 1.35. The van der Waals surface area contributed by atoms with Crippen LogP contribution in [0.1, 0.15) is 23.2 Å². The van der Waals surface area contributed by atoms with Crippen LogP contribution in [0.5, 0.6) is 0 Å². The number of rotatable bonds is 4. The van der Waals surface area contributed by atoms with E-state index in [1.165, 1.54) is 17.0 Å². The average Bonchev–Trinajstić information content (AvgIpc) is 2.54. The van der Waals surface area contributed by atoms with Crippen LogP contribution in [0.4, 0.5) is 0 Å². The predicted molar refractivity (Wildman–Crippen MR) is 85.2 cm³/mol. The van der Waals surface area contributed by atoms with Gasteiger partial charge in [0.1, 0.15) is 0 Å². The number of ether oxygens (including phenoxy) is 1. The normalized spacial score (nSPS) is 17.7. The molecule has 2 amide bonds. The molecule has 1 aromatic rings. The Kier molecular flexibility index (Phi) is 5.85. The maximum atomic E-state index is 12.1. The molecule has 0 bridgehead atoms. The Morgan fingerprint density at radius 1 is 1.30 bits per heavy atom. The molecule has 1 aliphatic rings. The third kappa shape index (κ3) is 4.59. The van der Waals surface area contributed by atoms with Crippen molar-refractivity contribution in [3.8, 4) is 0 Å². The van der Waals surface area contributed by atoms with Crippen molar-refractivity contribution < 1.29 is 19.1 Å². The summed E-state index contributed by atoms with van der Waals surface area (Å²) < 4.78 is 4.99. The number of primary amides is 1. The highest BCUT2D eigenvalue weighted by Gasteiger charge is 2.27. The molecule has 0 saturated carbocycles. The lowest BCUT2D eigenvalue weighted by Gasteiger charge is -2.31. The van der Waals surface area contributed by atoms with E-state index in [0.29, 0.717) is 24.4 Å². The molecule has 0 spiro atoms. The van der Waals surface area contributed by atoms with Gasteiger partial charge in [0.15, 0.2) is 6.61 Å². The van der Waals surface area contributed by atoms with Crippen molar-refractivity contribution >= 4 is 41.0 Å². The molecule has 6 nitrogen and oxygen atoms in total. The zero-order chi connectivity index (χ0) is 17.0. The zero-order valence-electron chi connectivity index (χ0n) is 12.3.